The molecule has 1 aliphatic rings. The number of nitrogens with zero attached hydrogens (tertiary/aromatic N) is 2. The molecule has 2 N–H and O–H groups in total. The van der Waals surface area contributed by atoms with Crippen molar-refractivity contribution in [3.05, 3.63) is 54.6 Å². The standard InChI is InChI=1S/C19H22N4O2.ClH/c24-18(19(7-11-20-12-8-19)23-13-3-9-22-23)21-10-6-16-14-15-4-1-2-5-17(15)25-16;/h1-5,9,13-14,20H,6-8,10-12H2,(H,21,24);1H. The highest BCUT2D eigenvalue weighted by molar-refractivity contribution is 5.85. The zero-order valence-electron chi connectivity index (χ0n) is 14.5. The van der Waals surface area contributed by atoms with Crippen molar-refractivity contribution in [2.24, 2.45) is 0 Å². The van der Waals surface area contributed by atoms with Crippen LogP contribution in [0.25, 0.3) is 11.0 Å². The molecule has 1 aliphatic heterocycles. The Hall–Kier alpha value is -2.31. The van der Waals surface area contributed by atoms with Gasteiger partial charge < -0.3 is 15.1 Å². The highest BCUT2D eigenvalue weighted by Crippen LogP contribution is 2.27. The molecule has 26 heavy (non-hydrogen) atoms. The summed E-state index contributed by atoms with van der Waals surface area (Å²) >= 11 is 0. The number of nitrogens with one attached hydrogen (secondary N) is 2. The summed E-state index contributed by atoms with van der Waals surface area (Å²) in [5.74, 6) is 0.925. The van der Waals surface area contributed by atoms with Gasteiger partial charge in [0.05, 0.1) is 0 Å². The normalized spacial score (nSPS) is 16.2. The molecule has 1 saturated heterocycles. The maximum atomic E-state index is 13.0. The largest absolute Gasteiger partial charge is 0.461 e. The third-order valence-corrected chi connectivity index (χ3v) is 4.93. The van der Waals surface area contributed by atoms with Crippen LogP contribution in [-0.4, -0.2) is 35.3 Å². The van der Waals surface area contributed by atoms with Crippen LogP contribution < -0.4 is 10.6 Å². The van der Waals surface area contributed by atoms with Crippen LogP contribution in [0.5, 0.6) is 0 Å². The molecule has 4 rings (SSSR count). The predicted octanol–water partition coefficient (Wildman–Crippen LogP) is 2.49. The van der Waals surface area contributed by atoms with Crippen molar-refractivity contribution >= 4 is 29.3 Å². The summed E-state index contributed by atoms with van der Waals surface area (Å²) < 4.78 is 7.62. The Morgan fingerprint density at radius 3 is 2.81 bits per heavy atom. The van der Waals surface area contributed by atoms with E-state index in [0.717, 1.165) is 42.7 Å². The van der Waals surface area contributed by atoms with E-state index in [1.807, 2.05) is 47.3 Å². The maximum Gasteiger partial charge on any atom is 0.248 e. The topological polar surface area (TPSA) is 72.1 Å². The van der Waals surface area contributed by atoms with Gasteiger partial charge in [0.15, 0.2) is 0 Å². The van der Waals surface area contributed by atoms with Gasteiger partial charge in [-0.1, -0.05) is 18.2 Å². The highest BCUT2D eigenvalue weighted by Gasteiger charge is 2.41. The van der Waals surface area contributed by atoms with E-state index in [-0.39, 0.29) is 18.3 Å². The van der Waals surface area contributed by atoms with E-state index < -0.39 is 5.54 Å². The monoisotopic (exact) mass is 374 g/mol. The predicted molar refractivity (Wildman–Crippen MR) is 102 cm³/mol. The molecule has 0 bridgehead atoms. The van der Waals surface area contributed by atoms with Crippen molar-refractivity contribution < 1.29 is 9.21 Å². The van der Waals surface area contributed by atoms with E-state index in [1.54, 1.807) is 6.20 Å². The summed E-state index contributed by atoms with van der Waals surface area (Å²) in [6.07, 6.45) is 5.76. The number of hydrogen-bond acceptors (Lipinski definition) is 4. The Kier molecular flexibility index (Phi) is 5.64. The molecule has 0 spiro atoms. The van der Waals surface area contributed by atoms with Gasteiger partial charge in [-0.15, -0.1) is 12.4 Å². The minimum Gasteiger partial charge on any atom is -0.461 e. The first kappa shape index (κ1) is 18.5. The average Bonchev–Trinajstić information content (AvgIpc) is 3.32. The Labute approximate surface area is 158 Å². The molecule has 138 valence electrons. The number of carbonyl (C=O) groups is 1. The quantitative estimate of drug-likeness (QED) is 0.719. The second-order valence-corrected chi connectivity index (χ2v) is 6.49. The average molecular weight is 375 g/mol. The number of aromatic nitrogens is 2. The van der Waals surface area contributed by atoms with Crippen LogP contribution in [0.15, 0.2) is 53.2 Å². The smallest absolute Gasteiger partial charge is 0.248 e. The third-order valence-electron chi connectivity index (χ3n) is 4.93. The molecule has 3 heterocycles. The number of rotatable bonds is 5. The summed E-state index contributed by atoms with van der Waals surface area (Å²) in [7, 11) is 0. The van der Waals surface area contributed by atoms with E-state index in [2.05, 4.69) is 15.7 Å². The number of piperidine rings is 1. The van der Waals surface area contributed by atoms with Gasteiger partial charge in [-0.2, -0.15) is 5.10 Å². The second kappa shape index (κ2) is 7.93. The lowest BCUT2D eigenvalue weighted by Crippen LogP contribution is -2.54. The Balaban J connectivity index is 0.00000196. The zero-order chi connectivity index (χ0) is 17.1. The Bertz CT molecular complexity index is 820. The van der Waals surface area contributed by atoms with E-state index in [1.165, 1.54) is 0 Å². The van der Waals surface area contributed by atoms with Gasteiger partial charge in [0.1, 0.15) is 16.9 Å². The fourth-order valence-corrected chi connectivity index (χ4v) is 3.55. The van der Waals surface area contributed by atoms with Gasteiger partial charge in [-0.05, 0) is 44.1 Å². The fourth-order valence-electron chi connectivity index (χ4n) is 3.55. The lowest BCUT2D eigenvalue weighted by atomic mass is 9.87. The Morgan fingerprint density at radius 2 is 2.08 bits per heavy atom. The molecule has 0 aliphatic carbocycles. The fraction of sp³-hybridized carbons (Fsp3) is 0.368. The van der Waals surface area contributed by atoms with Crippen LogP contribution in [-0.2, 0) is 16.8 Å². The van der Waals surface area contributed by atoms with Crippen LogP contribution in [0.2, 0.25) is 0 Å². The summed E-state index contributed by atoms with van der Waals surface area (Å²) in [5.41, 5.74) is 0.290. The number of benzene rings is 1. The van der Waals surface area contributed by atoms with Crippen molar-refractivity contribution in [1.82, 2.24) is 20.4 Å². The lowest BCUT2D eigenvalue weighted by molar-refractivity contribution is -0.131. The number of furan rings is 1. The van der Waals surface area contributed by atoms with E-state index in [9.17, 15) is 4.79 Å². The number of amides is 1. The first-order chi connectivity index (χ1) is 12.3. The van der Waals surface area contributed by atoms with Crippen molar-refractivity contribution in [3.8, 4) is 0 Å². The van der Waals surface area contributed by atoms with Gasteiger partial charge in [-0.3, -0.25) is 9.48 Å². The van der Waals surface area contributed by atoms with Crippen LogP contribution in [0.4, 0.5) is 0 Å². The lowest BCUT2D eigenvalue weighted by Gasteiger charge is -2.36. The zero-order valence-corrected chi connectivity index (χ0v) is 15.3. The number of fused-ring (bicyclic) bond motifs is 1. The first-order valence-electron chi connectivity index (χ1n) is 8.75. The summed E-state index contributed by atoms with van der Waals surface area (Å²) in [5, 5.41) is 11.8. The second-order valence-electron chi connectivity index (χ2n) is 6.49. The molecule has 1 aromatic carbocycles. The van der Waals surface area contributed by atoms with Gasteiger partial charge in [-0.25, -0.2) is 0 Å². The van der Waals surface area contributed by atoms with E-state index >= 15 is 0 Å². The molecule has 0 unspecified atom stereocenters. The SMILES string of the molecule is Cl.O=C(NCCc1cc2ccccc2o1)C1(n2cccn2)CCNCC1. The minimum atomic E-state index is -0.595. The molecule has 2 aromatic heterocycles. The number of halogens is 1. The molecule has 6 nitrogen and oxygen atoms in total. The Morgan fingerprint density at radius 1 is 1.27 bits per heavy atom. The van der Waals surface area contributed by atoms with Crippen molar-refractivity contribution in [2.45, 2.75) is 24.8 Å². The summed E-state index contributed by atoms with van der Waals surface area (Å²) in [6.45, 7) is 2.18. The van der Waals surface area contributed by atoms with Crippen LogP contribution in [0.3, 0.4) is 0 Å². The molecular formula is C19H23ClN4O2. The number of carbonyl (C=O) groups excluding carboxylic acids is 1. The van der Waals surface area contributed by atoms with Crippen LogP contribution in [0.1, 0.15) is 18.6 Å². The molecular weight excluding hydrogens is 352 g/mol. The van der Waals surface area contributed by atoms with Gasteiger partial charge >= 0.3 is 0 Å². The van der Waals surface area contributed by atoms with E-state index in [4.69, 9.17) is 4.42 Å². The minimum absolute atomic E-state index is 0. The molecule has 0 atom stereocenters. The van der Waals surface area contributed by atoms with Gasteiger partial charge in [0.25, 0.3) is 0 Å². The molecule has 1 fully saturated rings. The van der Waals surface area contributed by atoms with Crippen molar-refractivity contribution in [2.75, 3.05) is 19.6 Å². The van der Waals surface area contributed by atoms with Gasteiger partial charge in [0, 0.05) is 30.7 Å². The molecule has 1 amide bonds. The molecule has 3 aromatic rings. The van der Waals surface area contributed by atoms with Gasteiger partial charge in [0.2, 0.25) is 5.91 Å². The summed E-state index contributed by atoms with van der Waals surface area (Å²) in [6, 6.07) is 11.8. The van der Waals surface area contributed by atoms with Crippen LogP contribution in [0, 0.1) is 0 Å². The number of hydrogen-bond donors (Lipinski definition) is 2. The van der Waals surface area contributed by atoms with E-state index in [0.29, 0.717) is 13.0 Å². The molecule has 7 heteroatoms. The maximum absolute atomic E-state index is 13.0. The van der Waals surface area contributed by atoms with Crippen LogP contribution >= 0.6 is 12.4 Å². The highest BCUT2D eigenvalue weighted by atomic mass is 35.5. The molecule has 0 saturated carbocycles. The number of para-hydroxylation sites is 1. The summed E-state index contributed by atoms with van der Waals surface area (Å²) in [4.78, 5) is 13.0. The molecule has 0 radical (unpaired) electrons. The van der Waals surface area contributed by atoms with Crippen molar-refractivity contribution in [3.63, 3.8) is 0 Å². The van der Waals surface area contributed by atoms with Crippen molar-refractivity contribution in [1.29, 1.82) is 0 Å². The first-order valence-corrected chi connectivity index (χ1v) is 8.75. The third kappa shape index (κ3) is 3.48.